The summed E-state index contributed by atoms with van der Waals surface area (Å²) >= 11 is 0. The van der Waals surface area contributed by atoms with Gasteiger partial charge < -0.3 is 4.74 Å². The maximum atomic E-state index is 10.5. The predicted molar refractivity (Wildman–Crippen MR) is 68.3 cm³/mol. The normalized spacial score (nSPS) is 22.2. The lowest BCUT2D eigenvalue weighted by molar-refractivity contribution is 0.0853. The van der Waals surface area contributed by atoms with Gasteiger partial charge in [0.1, 0.15) is 0 Å². The van der Waals surface area contributed by atoms with E-state index in [9.17, 15) is 4.79 Å². The van der Waals surface area contributed by atoms with E-state index < -0.39 is 0 Å². The van der Waals surface area contributed by atoms with Gasteiger partial charge in [-0.1, -0.05) is 24.3 Å². The van der Waals surface area contributed by atoms with Crippen LogP contribution in [0.25, 0.3) is 0 Å². The first-order chi connectivity index (χ1) is 8.84. The predicted octanol–water partition coefficient (Wildman–Crippen LogP) is 2.91. The van der Waals surface area contributed by atoms with E-state index in [4.69, 9.17) is 4.74 Å². The number of isocyanates is 1. The van der Waals surface area contributed by atoms with Crippen molar-refractivity contribution in [3.05, 3.63) is 35.4 Å². The van der Waals surface area contributed by atoms with Gasteiger partial charge in [0, 0.05) is 13.2 Å². The number of hydrogen-bond donors (Lipinski definition) is 0. The molecule has 0 N–H and O–H groups in total. The number of benzene rings is 1. The van der Waals surface area contributed by atoms with Crippen LogP contribution in [0.3, 0.4) is 0 Å². The van der Waals surface area contributed by atoms with Crippen LogP contribution in [0, 0.1) is 0 Å². The fourth-order valence-corrected chi connectivity index (χ4v) is 2.78. The average Bonchev–Trinajstić information content (AvgIpc) is 3.21. The van der Waals surface area contributed by atoms with Crippen LogP contribution >= 0.6 is 0 Å². The zero-order valence-corrected chi connectivity index (χ0v) is 10.4. The Morgan fingerprint density at radius 1 is 1.28 bits per heavy atom. The Bertz CT molecular complexity index is 481. The molecule has 1 aliphatic heterocycles. The summed E-state index contributed by atoms with van der Waals surface area (Å²) in [4.78, 5) is 14.5. The van der Waals surface area contributed by atoms with E-state index >= 15 is 0 Å². The Kier molecular flexibility index (Phi) is 3.02. The quantitative estimate of drug-likeness (QED) is 0.604. The molecule has 1 saturated heterocycles. The van der Waals surface area contributed by atoms with E-state index in [1.807, 2.05) is 0 Å². The van der Waals surface area contributed by atoms with Crippen molar-refractivity contribution in [1.82, 2.24) is 0 Å². The number of ether oxygens (including phenoxy) is 1. The van der Waals surface area contributed by atoms with Crippen LogP contribution in [0.5, 0.6) is 0 Å². The van der Waals surface area contributed by atoms with Crippen molar-refractivity contribution >= 4 is 6.08 Å². The van der Waals surface area contributed by atoms with Crippen molar-refractivity contribution in [2.45, 2.75) is 37.1 Å². The minimum Gasteiger partial charge on any atom is -0.381 e. The van der Waals surface area contributed by atoms with Crippen molar-refractivity contribution in [2.24, 2.45) is 4.99 Å². The van der Waals surface area contributed by atoms with Crippen LogP contribution in [-0.2, 0) is 15.1 Å². The van der Waals surface area contributed by atoms with Gasteiger partial charge in [0.2, 0.25) is 6.08 Å². The van der Waals surface area contributed by atoms with Gasteiger partial charge in [0.05, 0.1) is 5.54 Å². The highest BCUT2D eigenvalue weighted by Crippen LogP contribution is 2.49. The Labute approximate surface area is 107 Å². The number of aliphatic imine (C=N–C) groups is 1. The first kappa shape index (κ1) is 11.6. The summed E-state index contributed by atoms with van der Waals surface area (Å²) in [5, 5.41) is 0. The molecule has 1 aromatic carbocycles. The van der Waals surface area contributed by atoms with E-state index in [-0.39, 0.29) is 5.54 Å². The lowest BCUT2D eigenvalue weighted by Gasteiger charge is -2.23. The number of hydrogen-bond acceptors (Lipinski definition) is 3. The zero-order valence-electron chi connectivity index (χ0n) is 10.4. The molecule has 0 bridgehead atoms. The van der Waals surface area contributed by atoms with Crippen molar-refractivity contribution in [1.29, 1.82) is 0 Å². The second-order valence-electron chi connectivity index (χ2n) is 5.25. The number of carbonyl (C=O) groups excluding carboxylic acids is 1. The van der Waals surface area contributed by atoms with E-state index in [1.165, 1.54) is 11.1 Å². The fourth-order valence-electron chi connectivity index (χ4n) is 2.78. The molecule has 2 aliphatic rings. The molecule has 3 nitrogen and oxygen atoms in total. The smallest absolute Gasteiger partial charge is 0.235 e. The van der Waals surface area contributed by atoms with Crippen molar-refractivity contribution in [3.63, 3.8) is 0 Å². The molecule has 1 saturated carbocycles. The maximum absolute atomic E-state index is 10.5. The van der Waals surface area contributed by atoms with Crippen molar-refractivity contribution in [3.8, 4) is 0 Å². The SMILES string of the molecule is O=C=NC1(c2cccc(C3CCOCC3)c2)CC1. The molecule has 3 heteroatoms. The molecule has 1 aromatic rings. The highest BCUT2D eigenvalue weighted by molar-refractivity contribution is 5.42. The second kappa shape index (κ2) is 4.68. The molecular weight excluding hydrogens is 226 g/mol. The zero-order chi connectivity index (χ0) is 12.4. The summed E-state index contributed by atoms with van der Waals surface area (Å²) in [7, 11) is 0. The van der Waals surface area contributed by atoms with E-state index in [1.54, 1.807) is 6.08 Å². The van der Waals surface area contributed by atoms with Crippen LogP contribution in [0.1, 0.15) is 42.7 Å². The Balaban J connectivity index is 1.87. The average molecular weight is 243 g/mol. The minimum atomic E-state index is -0.247. The largest absolute Gasteiger partial charge is 0.381 e. The molecule has 94 valence electrons. The summed E-state index contributed by atoms with van der Waals surface area (Å²) in [6.07, 6.45) is 5.85. The second-order valence-corrected chi connectivity index (χ2v) is 5.25. The molecule has 0 radical (unpaired) electrons. The molecule has 0 amide bonds. The summed E-state index contributed by atoms with van der Waals surface area (Å²) < 4.78 is 5.40. The first-order valence-electron chi connectivity index (χ1n) is 6.61. The third-order valence-electron chi connectivity index (χ3n) is 4.10. The van der Waals surface area contributed by atoms with Gasteiger partial charge in [-0.05, 0) is 42.7 Å². The summed E-state index contributed by atoms with van der Waals surface area (Å²) in [6.45, 7) is 1.71. The monoisotopic (exact) mass is 243 g/mol. The lowest BCUT2D eigenvalue weighted by Crippen LogP contribution is -2.14. The van der Waals surface area contributed by atoms with Crippen LogP contribution < -0.4 is 0 Å². The molecule has 2 fully saturated rings. The molecule has 1 aliphatic carbocycles. The van der Waals surface area contributed by atoms with Crippen molar-refractivity contribution < 1.29 is 9.53 Å². The molecule has 1 heterocycles. The Hall–Kier alpha value is -1.44. The van der Waals surface area contributed by atoms with Crippen LogP contribution in [-0.4, -0.2) is 19.3 Å². The highest BCUT2D eigenvalue weighted by atomic mass is 16.5. The topological polar surface area (TPSA) is 38.7 Å². The van der Waals surface area contributed by atoms with Gasteiger partial charge in [-0.15, -0.1) is 0 Å². The summed E-state index contributed by atoms with van der Waals surface area (Å²) in [5.41, 5.74) is 2.29. The standard InChI is InChI=1S/C15H17NO2/c17-11-16-15(6-7-15)14-3-1-2-13(10-14)12-4-8-18-9-5-12/h1-3,10,12H,4-9H2. The van der Waals surface area contributed by atoms with Crippen molar-refractivity contribution in [2.75, 3.05) is 13.2 Å². The Morgan fingerprint density at radius 3 is 2.72 bits per heavy atom. The molecular formula is C15H17NO2. The van der Waals surface area contributed by atoms with Crippen LogP contribution in [0.4, 0.5) is 0 Å². The molecule has 0 spiro atoms. The molecule has 18 heavy (non-hydrogen) atoms. The fraction of sp³-hybridized carbons (Fsp3) is 0.533. The minimum absolute atomic E-state index is 0.247. The van der Waals surface area contributed by atoms with E-state index in [0.717, 1.165) is 38.9 Å². The number of rotatable bonds is 3. The molecule has 3 rings (SSSR count). The van der Waals surface area contributed by atoms with Crippen LogP contribution in [0.15, 0.2) is 29.3 Å². The van der Waals surface area contributed by atoms with Gasteiger partial charge in [-0.25, -0.2) is 4.79 Å². The number of nitrogens with zero attached hydrogens (tertiary/aromatic N) is 1. The summed E-state index contributed by atoms with van der Waals surface area (Å²) in [6, 6.07) is 8.57. The summed E-state index contributed by atoms with van der Waals surface area (Å²) in [5.74, 6) is 0.592. The van der Waals surface area contributed by atoms with Gasteiger partial charge >= 0.3 is 0 Å². The molecule has 0 aromatic heterocycles. The Morgan fingerprint density at radius 2 is 2.06 bits per heavy atom. The third-order valence-corrected chi connectivity index (χ3v) is 4.10. The molecule has 0 unspecified atom stereocenters. The highest BCUT2D eigenvalue weighted by Gasteiger charge is 2.44. The van der Waals surface area contributed by atoms with E-state index in [2.05, 4.69) is 29.3 Å². The molecule has 0 atom stereocenters. The lowest BCUT2D eigenvalue weighted by atomic mass is 9.89. The van der Waals surface area contributed by atoms with E-state index in [0.29, 0.717) is 5.92 Å². The maximum Gasteiger partial charge on any atom is 0.235 e. The van der Waals surface area contributed by atoms with Gasteiger partial charge in [-0.3, -0.25) is 0 Å². The van der Waals surface area contributed by atoms with Gasteiger partial charge in [-0.2, -0.15) is 4.99 Å². The van der Waals surface area contributed by atoms with Gasteiger partial charge in [0.15, 0.2) is 0 Å². The first-order valence-corrected chi connectivity index (χ1v) is 6.61. The third kappa shape index (κ3) is 2.12. The van der Waals surface area contributed by atoms with Gasteiger partial charge in [0.25, 0.3) is 0 Å². The van der Waals surface area contributed by atoms with Crippen LogP contribution in [0.2, 0.25) is 0 Å².